The molecule has 5 nitrogen and oxygen atoms in total. The molecule has 1 N–H and O–H groups in total. The smallest absolute Gasteiger partial charge is 0.226 e. The molecule has 0 amide bonds. The van der Waals surface area contributed by atoms with Crippen LogP contribution in [-0.4, -0.2) is 48.1 Å². The second-order valence-corrected chi connectivity index (χ2v) is 6.20. The van der Waals surface area contributed by atoms with Gasteiger partial charge in [-0.05, 0) is 24.6 Å². The molecule has 0 spiro atoms. The molecule has 7 heteroatoms. The van der Waals surface area contributed by atoms with Crippen LogP contribution < -0.4 is 10.2 Å². The highest BCUT2D eigenvalue weighted by Gasteiger charge is 2.24. The van der Waals surface area contributed by atoms with E-state index in [0.29, 0.717) is 5.95 Å². The van der Waals surface area contributed by atoms with Crippen molar-refractivity contribution in [3.8, 4) is 0 Å². The van der Waals surface area contributed by atoms with E-state index < -0.39 is 11.6 Å². The Balaban J connectivity index is 1.61. The van der Waals surface area contributed by atoms with Gasteiger partial charge in [-0.1, -0.05) is 6.07 Å². The molecular formula is C17H21F2N5. The minimum absolute atomic E-state index is 0.134. The molecule has 1 aliphatic heterocycles. The topological polar surface area (TPSA) is 44.3 Å². The fourth-order valence-electron chi connectivity index (χ4n) is 2.85. The Morgan fingerprint density at radius 3 is 2.71 bits per heavy atom. The Hall–Kier alpha value is -2.28. The van der Waals surface area contributed by atoms with Crippen LogP contribution >= 0.6 is 0 Å². The highest BCUT2D eigenvalue weighted by atomic mass is 19.1. The number of rotatable bonds is 5. The molecule has 24 heavy (non-hydrogen) atoms. The average Bonchev–Trinajstić information content (AvgIpc) is 2.98. The summed E-state index contributed by atoms with van der Waals surface area (Å²) in [7, 11) is 3.78. The van der Waals surface area contributed by atoms with Gasteiger partial charge in [-0.2, -0.15) is 4.98 Å². The van der Waals surface area contributed by atoms with Crippen LogP contribution in [-0.2, 0) is 6.54 Å². The van der Waals surface area contributed by atoms with Crippen molar-refractivity contribution in [1.82, 2.24) is 14.9 Å². The molecule has 128 valence electrons. The highest BCUT2D eigenvalue weighted by molar-refractivity contribution is 5.41. The van der Waals surface area contributed by atoms with Gasteiger partial charge in [-0.15, -0.1) is 0 Å². The van der Waals surface area contributed by atoms with Crippen LogP contribution in [0.4, 0.5) is 20.5 Å². The zero-order valence-corrected chi connectivity index (χ0v) is 13.8. The first-order valence-electron chi connectivity index (χ1n) is 7.95. The van der Waals surface area contributed by atoms with Crippen LogP contribution in [0.5, 0.6) is 0 Å². The Morgan fingerprint density at radius 1 is 1.25 bits per heavy atom. The number of halogens is 2. The second-order valence-electron chi connectivity index (χ2n) is 6.20. The molecular weight excluding hydrogens is 312 g/mol. The van der Waals surface area contributed by atoms with Crippen molar-refractivity contribution in [1.29, 1.82) is 0 Å². The zero-order valence-electron chi connectivity index (χ0n) is 13.8. The fourth-order valence-corrected chi connectivity index (χ4v) is 2.85. The van der Waals surface area contributed by atoms with Crippen molar-refractivity contribution in [2.45, 2.75) is 19.0 Å². The molecule has 2 aromatic rings. The van der Waals surface area contributed by atoms with Crippen LogP contribution in [0.3, 0.4) is 0 Å². The van der Waals surface area contributed by atoms with Crippen LogP contribution in [0.15, 0.2) is 30.5 Å². The van der Waals surface area contributed by atoms with Gasteiger partial charge in [0.25, 0.3) is 0 Å². The number of anilines is 2. The van der Waals surface area contributed by atoms with Crippen LogP contribution in [0.1, 0.15) is 12.0 Å². The maximum atomic E-state index is 13.8. The fraction of sp³-hybridized carbons (Fsp3) is 0.412. The number of nitrogens with zero attached hydrogens (tertiary/aromatic N) is 4. The normalized spacial score (nSPS) is 17.9. The summed E-state index contributed by atoms with van der Waals surface area (Å²) in [6.07, 6.45) is 2.61. The van der Waals surface area contributed by atoms with E-state index in [1.807, 2.05) is 30.0 Å². The average molecular weight is 333 g/mol. The summed E-state index contributed by atoms with van der Waals surface area (Å²) in [5.41, 5.74) is 0.134. The number of likely N-dealkylation sites (tertiary alicyclic amines) is 1. The van der Waals surface area contributed by atoms with Gasteiger partial charge in [0.15, 0.2) is 0 Å². The predicted molar refractivity (Wildman–Crippen MR) is 90.0 cm³/mol. The van der Waals surface area contributed by atoms with Gasteiger partial charge in [-0.25, -0.2) is 13.8 Å². The van der Waals surface area contributed by atoms with E-state index in [1.54, 1.807) is 6.20 Å². The summed E-state index contributed by atoms with van der Waals surface area (Å²) in [6, 6.07) is 6.01. The lowest BCUT2D eigenvalue weighted by Crippen LogP contribution is -2.27. The summed E-state index contributed by atoms with van der Waals surface area (Å²) in [5, 5.41) is 3.37. The predicted octanol–water partition coefficient (Wildman–Crippen LogP) is 2.51. The monoisotopic (exact) mass is 333 g/mol. The van der Waals surface area contributed by atoms with E-state index in [9.17, 15) is 8.78 Å². The van der Waals surface area contributed by atoms with Gasteiger partial charge in [0.05, 0.1) is 0 Å². The maximum Gasteiger partial charge on any atom is 0.226 e. The van der Waals surface area contributed by atoms with Gasteiger partial charge in [0.1, 0.15) is 17.5 Å². The molecule has 1 aromatic carbocycles. The zero-order chi connectivity index (χ0) is 17.1. The number of hydrogen-bond acceptors (Lipinski definition) is 5. The summed E-state index contributed by atoms with van der Waals surface area (Å²) in [5.74, 6) is 0.427. The van der Waals surface area contributed by atoms with E-state index in [4.69, 9.17) is 0 Å². The third kappa shape index (κ3) is 3.79. The lowest BCUT2D eigenvalue weighted by Gasteiger charge is -2.18. The number of nitrogens with one attached hydrogen (secondary N) is 1. The second kappa shape index (κ2) is 7.09. The van der Waals surface area contributed by atoms with Gasteiger partial charge in [0.2, 0.25) is 5.95 Å². The molecule has 3 rings (SSSR count). The maximum absolute atomic E-state index is 13.8. The highest BCUT2D eigenvalue weighted by Crippen LogP contribution is 2.20. The van der Waals surface area contributed by atoms with Gasteiger partial charge < -0.3 is 10.2 Å². The lowest BCUT2D eigenvalue weighted by molar-refractivity contribution is 0.316. The van der Waals surface area contributed by atoms with E-state index in [2.05, 4.69) is 15.3 Å². The summed E-state index contributed by atoms with van der Waals surface area (Å²) < 4.78 is 27.5. The third-order valence-electron chi connectivity index (χ3n) is 4.11. The minimum Gasteiger partial charge on any atom is -0.366 e. The van der Waals surface area contributed by atoms with E-state index in [1.165, 1.54) is 18.2 Å². The number of benzene rings is 1. The first-order valence-corrected chi connectivity index (χ1v) is 7.95. The summed E-state index contributed by atoms with van der Waals surface area (Å²) in [6.45, 7) is 1.79. The summed E-state index contributed by atoms with van der Waals surface area (Å²) in [4.78, 5) is 12.5. The molecule has 0 radical (unpaired) electrons. The van der Waals surface area contributed by atoms with Crippen molar-refractivity contribution in [2.75, 3.05) is 37.4 Å². The van der Waals surface area contributed by atoms with Crippen molar-refractivity contribution in [3.63, 3.8) is 0 Å². The molecule has 0 aliphatic carbocycles. The third-order valence-corrected chi connectivity index (χ3v) is 4.11. The first-order chi connectivity index (χ1) is 11.5. The van der Waals surface area contributed by atoms with Crippen molar-refractivity contribution >= 4 is 11.8 Å². The van der Waals surface area contributed by atoms with Gasteiger partial charge in [-0.3, -0.25) is 4.90 Å². The SMILES string of the molecule is CN(C)c1nccc(NC2CCN(Cc3c(F)cccc3F)C2)n1. The Bertz CT molecular complexity index is 687. The first kappa shape index (κ1) is 16.6. The van der Waals surface area contributed by atoms with Gasteiger partial charge in [0, 0.05) is 51.5 Å². The molecule has 1 saturated heterocycles. The molecule has 1 aliphatic rings. The molecule has 1 fully saturated rings. The molecule has 1 atom stereocenters. The van der Waals surface area contributed by atoms with E-state index in [-0.39, 0.29) is 18.2 Å². The summed E-state index contributed by atoms with van der Waals surface area (Å²) >= 11 is 0. The Kier molecular flexibility index (Phi) is 4.89. The molecule has 1 aromatic heterocycles. The van der Waals surface area contributed by atoms with Crippen molar-refractivity contribution in [2.24, 2.45) is 0 Å². The number of hydrogen-bond donors (Lipinski definition) is 1. The Morgan fingerprint density at radius 2 is 2.00 bits per heavy atom. The molecule has 2 heterocycles. The van der Waals surface area contributed by atoms with E-state index in [0.717, 1.165) is 25.3 Å². The van der Waals surface area contributed by atoms with Crippen LogP contribution in [0.2, 0.25) is 0 Å². The van der Waals surface area contributed by atoms with Crippen molar-refractivity contribution < 1.29 is 8.78 Å². The molecule has 0 saturated carbocycles. The van der Waals surface area contributed by atoms with Gasteiger partial charge >= 0.3 is 0 Å². The Labute approximate surface area is 140 Å². The largest absolute Gasteiger partial charge is 0.366 e. The standard InChI is InChI=1S/C17H21F2N5/c1-23(2)17-20-8-6-16(22-17)21-12-7-9-24(10-12)11-13-14(18)4-3-5-15(13)19/h3-6,8,12H,7,9-11H2,1-2H3,(H,20,21,22). The minimum atomic E-state index is -0.488. The molecule has 0 bridgehead atoms. The van der Waals surface area contributed by atoms with Crippen LogP contribution in [0.25, 0.3) is 0 Å². The molecule has 1 unspecified atom stereocenters. The van der Waals surface area contributed by atoms with Crippen molar-refractivity contribution in [3.05, 3.63) is 47.7 Å². The van der Waals surface area contributed by atoms with Crippen LogP contribution in [0, 0.1) is 11.6 Å². The van der Waals surface area contributed by atoms with E-state index >= 15 is 0 Å². The lowest BCUT2D eigenvalue weighted by atomic mass is 10.2. The quantitative estimate of drug-likeness (QED) is 0.911. The number of aromatic nitrogens is 2.